The first kappa shape index (κ1) is 14.5. The summed E-state index contributed by atoms with van der Waals surface area (Å²) in [5.41, 5.74) is 2.16. The van der Waals surface area contributed by atoms with Gasteiger partial charge >= 0.3 is 0 Å². The van der Waals surface area contributed by atoms with E-state index in [2.05, 4.69) is 27.9 Å². The number of nitrogens with one attached hydrogen (secondary N) is 1. The number of anilines is 1. The molecule has 1 saturated heterocycles. The zero-order chi connectivity index (χ0) is 15.8. The lowest BCUT2D eigenvalue weighted by atomic mass is 9.97. The molecular formula is C18H24N4O. The first-order valence-electron chi connectivity index (χ1n) is 8.66. The number of benzene rings is 1. The van der Waals surface area contributed by atoms with Crippen molar-refractivity contribution in [3.8, 4) is 0 Å². The second-order valence-corrected chi connectivity index (χ2v) is 6.93. The van der Waals surface area contributed by atoms with Crippen molar-refractivity contribution in [2.45, 2.75) is 25.7 Å². The lowest BCUT2D eigenvalue weighted by molar-refractivity contribution is -0.125. The van der Waals surface area contributed by atoms with Crippen LogP contribution in [0.5, 0.6) is 0 Å². The van der Waals surface area contributed by atoms with Crippen LogP contribution in [0, 0.1) is 11.8 Å². The number of piperidine rings is 1. The van der Waals surface area contributed by atoms with E-state index < -0.39 is 0 Å². The Morgan fingerprint density at radius 2 is 2.13 bits per heavy atom. The molecule has 1 N–H and O–H groups in total. The highest BCUT2D eigenvalue weighted by Crippen LogP contribution is 2.28. The van der Waals surface area contributed by atoms with Crippen LogP contribution in [0.1, 0.15) is 25.7 Å². The van der Waals surface area contributed by atoms with Gasteiger partial charge in [-0.2, -0.15) is 0 Å². The average Bonchev–Trinajstić information content (AvgIpc) is 3.36. The Bertz CT molecular complexity index is 719. The molecule has 2 aromatic rings. The molecule has 1 aromatic carbocycles. The van der Waals surface area contributed by atoms with Crippen LogP contribution in [-0.4, -0.2) is 35.1 Å². The van der Waals surface area contributed by atoms with Crippen molar-refractivity contribution >= 4 is 22.9 Å². The summed E-state index contributed by atoms with van der Waals surface area (Å²) >= 11 is 0. The van der Waals surface area contributed by atoms with E-state index in [-0.39, 0.29) is 11.8 Å². The maximum absolute atomic E-state index is 12.4. The number of hydrogen-bond donors (Lipinski definition) is 1. The number of rotatable bonds is 4. The normalized spacial score (nSPS) is 21.6. The van der Waals surface area contributed by atoms with Crippen molar-refractivity contribution in [1.29, 1.82) is 0 Å². The lowest BCUT2D eigenvalue weighted by Crippen LogP contribution is -2.44. The van der Waals surface area contributed by atoms with Crippen molar-refractivity contribution in [3.63, 3.8) is 0 Å². The fraction of sp³-hybridized carbons (Fsp3) is 0.556. The third-order valence-corrected chi connectivity index (χ3v) is 5.10. The number of fused-ring (bicyclic) bond motifs is 1. The Morgan fingerprint density at radius 1 is 1.30 bits per heavy atom. The van der Waals surface area contributed by atoms with Crippen LogP contribution in [0.15, 0.2) is 24.3 Å². The van der Waals surface area contributed by atoms with Gasteiger partial charge in [-0.1, -0.05) is 12.1 Å². The largest absolute Gasteiger partial charge is 0.356 e. The average molecular weight is 312 g/mol. The van der Waals surface area contributed by atoms with Crippen LogP contribution in [0.2, 0.25) is 0 Å². The predicted molar refractivity (Wildman–Crippen MR) is 91.4 cm³/mol. The molecule has 23 heavy (non-hydrogen) atoms. The monoisotopic (exact) mass is 312 g/mol. The molecule has 2 aliphatic rings. The maximum atomic E-state index is 12.4. The molecule has 1 atom stereocenters. The Hall–Kier alpha value is -2.04. The Labute approximate surface area is 136 Å². The molecule has 5 nitrogen and oxygen atoms in total. The van der Waals surface area contributed by atoms with Crippen molar-refractivity contribution in [2.24, 2.45) is 18.9 Å². The maximum Gasteiger partial charge on any atom is 0.224 e. The Kier molecular flexibility index (Phi) is 3.71. The minimum atomic E-state index is 0.0855. The van der Waals surface area contributed by atoms with Gasteiger partial charge in [-0.3, -0.25) is 4.79 Å². The van der Waals surface area contributed by atoms with Gasteiger partial charge in [0.25, 0.3) is 0 Å². The van der Waals surface area contributed by atoms with Gasteiger partial charge in [-0.05, 0) is 43.7 Å². The van der Waals surface area contributed by atoms with Crippen LogP contribution in [-0.2, 0) is 11.8 Å². The number of carbonyl (C=O) groups excluding carboxylic acids is 1. The van der Waals surface area contributed by atoms with E-state index in [1.165, 1.54) is 12.8 Å². The third kappa shape index (κ3) is 2.92. The summed E-state index contributed by atoms with van der Waals surface area (Å²) in [6.07, 6.45) is 4.58. The van der Waals surface area contributed by atoms with Crippen molar-refractivity contribution in [2.75, 3.05) is 24.5 Å². The first-order chi connectivity index (χ1) is 11.2. The first-order valence-corrected chi connectivity index (χ1v) is 8.66. The summed E-state index contributed by atoms with van der Waals surface area (Å²) < 4.78 is 2.14. The second kappa shape index (κ2) is 5.87. The van der Waals surface area contributed by atoms with Crippen LogP contribution in [0.4, 0.5) is 5.95 Å². The topological polar surface area (TPSA) is 50.2 Å². The van der Waals surface area contributed by atoms with Gasteiger partial charge in [-0.25, -0.2) is 4.98 Å². The van der Waals surface area contributed by atoms with Crippen LogP contribution < -0.4 is 10.2 Å². The molecule has 122 valence electrons. The van der Waals surface area contributed by atoms with E-state index >= 15 is 0 Å². The third-order valence-electron chi connectivity index (χ3n) is 5.10. The number of hydrogen-bond acceptors (Lipinski definition) is 3. The standard InChI is InChI=1S/C18H24N4O/c1-21-16-7-3-2-6-15(16)20-18(21)22-10-4-5-14(12-22)17(23)19-11-13-8-9-13/h2-3,6-7,13-14H,4-5,8-12H2,1H3,(H,19,23)/t14-/m1/s1. The number of aryl methyl sites for hydroxylation is 1. The van der Waals surface area contributed by atoms with Gasteiger partial charge in [0.2, 0.25) is 11.9 Å². The molecule has 1 aliphatic heterocycles. The minimum absolute atomic E-state index is 0.0855. The van der Waals surface area contributed by atoms with E-state index in [1.807, 2.05) is 18.2 Å². The van der Waals surface area contributed by atoms with Gasteiger partial charge in [0, 0.05) is 26.7 Å². The van der Waals surface area contributed by atoms with Crippen LogP contribution in [0.25, 0.3) is 11.0 Å². The second-order valence-electron chi connectivity index (χ2n) is 6.93. The fourth-order valence-corrected chi connectivity index (χ4v) is 3.50. The smallest absolute Gasteiger partial charge is 0.224 e. The summed E-state index contributed by atoms with van der Waals surface area (Å²) in [7, 11) is 2.06. The number of carbonyl (C=O) groups is 1. The number of amides is 1. The van der Waals surface area contributed by atoms with Gasteiger partial charge in [-0.15, -0.1) is 0 Å². The quantitative estimate of drug-likeness (QED) is 0.942. The van der Waals surface area contributed by atoms with Gasteiger partial charge < -0.3 is 14.8 Å². The Balaban J connectivity index is 1.49. The predicted octanol–water partition coefficient (Wildman–Crippen LogP) is 2.32. The Morgan fingerprint density at radius 3 is 2.91 bits per heavy atom. The molecule has 1 saturated carbocycles. The van der Waals surface area contributed by atoms with Crippen LogP contribution >= 0.6 is 0 Å². The van der Waals surface area contributed by atoms with Crippen molar-refractivity contribution in [3.05, 3.63) is 24.3 Å². The van der Waals surface area contributed by atoms with Gasteiger partial charge in [0.15, 0.2) is 0 Å². The van der Waals surface area contributed by atoms with Gasteiger partial charge in [0.1, 0.15) is 0 Å². The zero-order valence-electron chi connectivity index (χ0n) is 13.7. The molecule has 0 spiro atoms. The molecular weight excluding hydrogens is 288 g/mol. The minimum Gasteiger partial charge on any atom is -0.356 e. The molecule has 0 bridgehead atoms. The lowest BCUT2D eigenvalue weighted by Gasteiger charge is -2.32. The summed E-state index contributed by atoms with van der Waals surface area (Å²) in [5.74, 6) is 2.02. The molecule has 4 rings (SSSR count). The van der Waals surface area contributed by atoms with Crippen molar-refractivity contribution < 1.29 is 4.79 Å². The summed E-state index contributed by atoms with van der Waals surface area (Å²) in [6, 6.07) is 8.19. The fourth-order valence-electron chi connectivity index (χ4n) is 3.50. The van der Waals surface area contributed by atoms with E-state index in [9.17, 15) is 4.79 Å². The molecule has 0 unspecified atom stereocenters. The highest BCUT2D eigenvalue weighted by Gasteiger charge is 2.29. The summed E-state index contributed by atoms with van der Waals surface area (Å²) in [4.78, 5) is 19.4. The number of aromatic nitrogens is 2. The SMILES string of the molecule is Cn1c(N2CCC[C@@H](C(=O)NCC3CC3)C2)nc2ccccc21. The zero-order valence-corrected chi connectivity index (χ0v) is 13.7. The number of imidazole rings is 1. The number of para-hydroxylation sites is 2. The molecule has 1 aromatic heterocycles. The van der Waals surface area contributed by atoms with E-state index in [1.54, 1.807) is 0 Å². The van der Waals surface area contributed by atoms with E-state index in [0.29, 0.717) is 0 Å². The molecule has 0 radical (unpaired) electrons. The molecule has 2 heterocycles. The highest BCUT2D eigenvalue weighted by atomic mass is 16.1. The number of nitrogens with zero attached hydrogens (tertiary/aromatic N) is 3. The molecule has 5 heteroatoms. The van der Waals surface area contributed by atoms with E-state index in [4.69, 9.17) is 4.98 Å². The van der Waals surface area contributed by atoms with Crippen LogP contribution in [0.3, 0.4) is 0 Å². The molecule has 1 amide bonds. The summed E-state index contributed by atoms with van der Waals surface area (Å²) in [5, 5.41) is 3.13. The highest BCUT2D eigenvalue weighted by molar-refractivity contribution is 5.81. The molecule has 1 aliphatic carbocycles. The summed E-state index contributed by atoms with van der Waals surface area (Å²) in [6.45, 7) is 2.61. The van der Waals surface area contributed by atoms with Gasteiger partial charge in [0.05, 0.1) is 17.0 Å². The van der Waals surface area contributed by atoms with E-state index in [0.717, 1.165) is 55.4 Å². The molecule has 2 fully saturated rings. The van der Waals surface area contributed by atoms with Crippen molar-refractivity contribution in [1.82, 2.24) is 14.9 Å².